The number of likely N-dealkylation sites (N-methyl/N-ethyl adjacent to an activating group) is 1. The minimum Gasteiger partial charge on any atom is -0.370 e. The molecule has 1 aromatic rings. The van der Waals surface area contributed by atoms with Crippen molar-refractivity contribution in [2.45, 2.75) is 36.7 Å². The maximum Gasteiger partial charge on any atom is 0.0408 e. The van der Waals surface area contributed by atoms with E-state index in [9.17, 15) is 0 Å². The van der Waals surface area contributed by atoms with Gasteiger partial charge >= 0.3 is 0 Å². The van der Waals surface area contributed by atoms with Gasteiger partial charge in [0.2, 0.25) is 0 Å². The maximum atomic E-state index is 3.62. The highest BCUT2D eigenvalue weighted by molar-refractivity contribution is 9.10. The molecule has 2 atom stereocenters. The molecule has 0 N–H and O–H groups in total. The van der Waals surface area contributed by atoms with Crippen molar-refractivity contribution >= 4 is 37.5 Å². The Morgan fingerprint density at radius 2 is 2.00 bits per heavy atom. The molecule has 2 nitrogen and oxygen atoms in total. The number of rotatable bonds is 2. The van der Waals surface area contributed by atoms with Crippen LogP contribution in [0.25, 0.3) is 0 Å². The van der Waals surface area contributed by atoms with Crippen LogP contribution in [-0.2, 0) is 5.33 Å². The van der Waals surface area contributed by atoms with Gasteiger partial charge < -0.3 is 4.90 Å². The third-order valence-electron chi connectivity index (χ3n) is 4.67. The number of hydrogen-bond acceptors (Lipinski definition) is 2. The van der Waals surface area contributed by atoms with Crippen LogP contribution in [0.3, 0.4) is 0 Å². The first-order valence-electron chi connectivity index (χ1n) is 7.00. The second kappa shape index (κ2) is 5.74. The van der Waals surface area contributed by atoms with Crippen molar-refractivity contribution in [3.8, 4) is 0 Å². The Bertz CT molecular complexity index is 463. The molecule has 3 rings (SSSR count). The minimum absolute atomic E-state index is 0.735. The van der Waals surface area contributed by atoms with Crippen molar-refractivity contribution in [2.24, 2.45) is 0 Å². The SMILES string of the molecule is CN1C2CCC1CN(c1ccc(Br)cc1CBr)CC2. The lowest BCUT2D eigenvalue weighted by Crippen LogP contribution is -2.36. The highest BCUT2D eigenvalue weighted by atomic mass is 79.9. The van der Waals surface area contributed by atoms with Gasteiger partial charge in [0.1, 0.15) is 0 Å². The van der Waals surface area contributed by atoms with Crippen LogP contribution in [0.5, 0.6) is 0 Å². The van der Waals surface area contributed by atoms with Crippen LogP contribution < -0.4 is 4.90 Å². The summed E-state index contributed by atoms with van der Waals surface area (Å²) < 4.78 is 1.17. The predicted octanol–water partition coefficient (Wildman–Crippen LogP) is 4.02. The molecule has 4 heteroatoms. The summed E-state index contributed by atoms with van der Waals surface area (Å²) in [5, 5.41) is 0.919. The van der Waals surface area contributed by atoms with E-state index >= 15 is 0 Å². The number of halogens is 2. The molecule has 2 saturated heterocycles. The third-order valence-corrected chi connectivity index (χ3v) is 5.77. The van der Waals surface area contributed by atoms with Gasteiger partial charge in [-0.2, -0.15) is 0 Å². The Labute approximate surface area is 132 Å². The zero-order valence-corrected chi connectivity index (χ0v) is 14.5. The lowest BCUT2D eigenvalue weighted by Gasteiger charge is -2.29. The third kappa shape index (κ3) is 2.72. The fraction of sp³-hybridized carbons (Fsp3) is 0.600. The Morgan fingerprint density at radius 3 is 2.79 bits per heavy atom. The van der Waals surface area contributed by atoms with E-state index in [1.54, 1.807) is 0 Å². The summed E-state index contributed by atoms with van der Waals surface area (Å²) in [6, 6.07) is 8.20. The quantitative estimate of drug-likeness (QED) is 0.707. The van der Waals surface area contributed by atoms with Crippen molar-refractivity contribution in [3.63, 3.8) is 0 Å². The average Bonchev–Trinajstić information content (AvgIpc) is 2.64. The normalized spacial score (nSPS) is 27.6. The Hall–Kier alpha value is -0.0600. The molecule has 0 saturated carbocycles. The summed E-state index contributed by atoms with van der Waals surface area (Å²) in [5.41, 5.74) is 2.79. The molecule has 1 aromatic carbocycles. The molecular weight excluding hydrogens is 368 g/mol. The lowest BCUT2D eigenvalue weighted by atomic mass is 10.1. The molecule has 104 valence electrons. The molecule has 2 bridgehead atoms. The van der Waals surface area contributed by atoms with Gasteiger partial charge in [-0.3, -0.25) is 4.90 Å². The molecule has 2 heterocycles. The second-order valence-electron chi connectivity index (χ2n) is 5.69. The summed E-state index contributed by atoms with van der Waals surface area (Å²) in [7, 11) is 2.30. The molecule has 0 aliphatic carbocycles. The Morgan fingerprint density at radius 1 is 1.21 bits per heavy atom. The molecule has 0 radical (unpaired) electrons. The fourth-order valence-electron chi connectivity index (χ4n) is 3.50. The molecule has 0 spiro atoms. The molecule has 2 unspecified atom stereocenters. The summed E-state index contributed by atoms with van der Waals surface area (Å²) >= 11 is 7.19. The van der Waals surface area contributed by atoms with E-state index in [2.05, 4.69) is 66.9 Å². The van der Waals surface area contributed by atoms with E-state index < -0.39 is 0 Å². The smallest absolute Gasteiger partial charge is 0.0408 e. The Kier molecular flexibility index (Phi) is 4.20. The summed E-state index contributed by atoms with van der Waals surface area (Å²) in [5.74, 6) is 0. The summed E-state index contributed by atoms with van der Waals surface area (Å²) in [6.45, 7) is 2.36. The molecule has 2 aliphatic rings. The van der Waals surface area contributed by atoms with E-state index in [1.165, 1.54) is 48.1 Å². The summed E-state index contributed by atoms with van der Waals surface area (Å²) in [6.07, 6.45) is 4.04. The van der Waals surface area contributed by atoms with E-state index in [1.807, 2.05) is 0 Å². The van der Waals surface area contributed by atoms with Crippen LogP contribution in [0.15, 0.2) is 22.7 Å². The van der Waals surface area contributed by atoms with Crippen LogP contribution in [-0.4, -0.2) is 37.1 Å². The van der Waals surface area contributed by atoms with Crippen molar-refractivity contribution < 1.29 is 0 Å². The van der Waals surface area contributed by atoms with Crippen molar-refractivity contribution in [1.29, 1.82) is 0 Å². The molecule has 19 heavy (non-hydrogen) atoms. The molecular formula is C15H20Br2N2. The average molecular weight is 388 g/mol. The van der Waals surface area contributed by atoms with E-state index in [0.717, 1.165) is 17.4 Å². The largest absolute Gasteiger partial charge is 0.370 e. The molecule has 0 aromatic heterocycles. The van der Waals surface area contributed by atoms with E-state index in [4.69, 9.17) is 0 Å². The topological polar surface area (TPSA) is 6.48 Å². The van der Waals surface area contributed by atoms with Crippen LogP contribution in [0.4, 0.5) is 5.69 Å². The highest BCUT2D eigenvalue weighted by Crippen LogP contribution is 2.33. The van der Waals surface area contributed by atoms with Gasteiger partial charge in [-0.1, -0.05) is 31.9 Å². The molecule has 2 aliphatic heterocycles. The van der Waals surface area contributed by atoms with Crippen molar-refractivity contribution in [1.82, 2.24) is 4.90 Å². The van der Waals surface area contributed by atoms with Gasteiger partial charge in [0.15, 0.2) is 0 Å². The van der Waals surface area contributed by atoms with Gasteiger partial charge in [-0.05, 0) is 50.1 Å². The van der Waals surface area contributed by atoms with Gasteiger partial charge in [0, 0.05) is 40.7 Å². The first kappa shape index (κ1) is 13.9. The first-order valence-corrected chi connectivity index (χ1v) is 8.91. The van der Waals surface area contributed by atoms with Crippen molar-refractivity contribution in [3.05, 3.63) is 28.2 Å². The number of anilines is 1. The highest BCUT2D eigenvalue weighted by Gasteiger charge is 2.34. The van der Waals surface area contributed by atoms with Gasteiger partial charge in [0.25, 0.3) is 0 Å². The molecule has 2 fully saturated rings. The maximum absolute atomic E-state index is 3.62. The number of nitrogens with zero attached hydrogens (tertiary/aromatic N) is 2. The zero-order chi connectivity index (χ0) is 13.4. The molecule has 0 amide bonds. The number of alkyl halides is 1. The van der Waals surface area contributed by atoms with Gasteiger partial charge in [0.05, 0.1) is 0 Å². The first-order chi connectivity index (χ1) is 9.19. The van der Waals surface area contributed by atoms with Crippen LogP contribution in [0.2, 0.25) is 0 Å². The second-order valence-corrected chi connectivity index (χ2v) is 7.17. The van der Waals surface area contributed by atoms with Gasteiger partial charge in [-0.15, -0.1) is 0 Å². The lowest BCUT2D eigenvalue weighted by molar-refractivity contribution is 0.254. The number of benzene rings is 1. The van der Waals surface area contributed by atoms with Crippen LogP contribution in [0.1, 0.15) is 24.8 Å². The summed E-state index contributed by atoms with van der Waals surface area (Å²) in [4.78, 5) is 5.19. The minimum atomic E-state index is 0.735. The van der Waals surface area contributed by atoms with Gasteiger partial charge in [-0.25, -0.2) is 0 Å². The van der Waals surface area contributed by atoms with E-state index in [0.29, 0.717) is 0 Å². The van der Waals surface area contributed by atoms with Crippen molar-refractivity contribution in [2.75, 3.05) is 25.0 Å². The monoisotopic (exact) mass is 386 g/mol. The predicted molar refractivity (Wildman–Crippen MR) is 88.2 cm³/mol. The Balaban J connectivity index is 1.86. The standard InChI is InChI=1S/C15H20Br2N2/c1-18-13-3-4-14(18)10-19(7-6-13)15-5-2-12(17)8-11(15)9-16/h2,5,8,13-14H,3-4,6-7,9-10H2,1H3. The number of hydrogen-bond donors (Lipinski definition) is 0. The van der Waals surface area contributed by atoms with Crippen LogP contribution >= 0.6 is 31.9 Å². The van der Waals surface area contributed by atoms with E-state index in [-0.39, 0.29) is 0 Å². The number of fused-ring (bicyclic) bond motifs is 2. The fourth-order valence-corrected chi connectivity index (χ4v) is 4.35. The van der Waals surface area contributed by atoms with Crippen LogP contribution in [0, 0.1) is 0 Å². The zero-order valence-electron chi connectivity index (χ0n) is 11.3.